The van der Waals surface area contributed by atoms with Gasteiger partial charge < -0.3 is 15.2 Å². The van der Waals surface area contributed by atoms with Crippen LogP contribution in [0.2, 0.25) is 0 Å². The number of para-hydroxylation sites is 2. The van der Waals surface area contributed by atoms with E-state index in [1.165, 1.54) is 12.1 Å². The highest BCUT2D eigenvalue weighted by atomic mass is 19.4. The van der Waals surface area contributed by atoms with Crippen LogP contribution in [0.1, 0.15) is 17.0 Å². The van der Waals surface area contributed by atoms with Crippen LogP contribution >= 0.6 is 0 Å². The summed E-state index contributed by atoms with van der Waals surface area (Å²) in [5.41, 5.74) is -2.90. The normalized spacial score (nSPS) is 14.8. The van der Waals surface area contributed by atoms with Crippen LogP contribution in [0.4, 0.5) is 13.2 Å². The summed E-state index contributed by atoms with van der Waals surface area (Å²) >= 11 is 0. The van der Waals surface area contributed by atoms with Gasteiger partial charge in [0.25, 0.3) is 0 Å². The van der Waals surface area contributed by atoms with E-state index in [0.29, 0.717) is 11.1 Å². The van der Waals surface area contributed by atoms with Crippen LogP contribution in [0, 0.1) is 6.92 Å². The number of nitrogens with zero attached hydrogens (tertiary/aromatic N) is 1. The molecule has 1 heterocycles. The van der Waals surface area contributed by atoms with Crippen molar-refractivity contribution in [2.75, 3.05) is 0 Å². The molecule has 0 amide bonds. The van der Waals surface area contributed by atoms with Crippen LogP contribution in [-0.2, 0) is 5.60 Å². The van der Waals surface area contributed by atoms with Crippen molar-refractivity contribution in [3.8, 4) is 5.75 Å². The molecular weight excluding hydrogens is 309 g/mol. The molecular formula is C16H13F3N2O2. The van der Waals surface area contributed by atoms with E-state index in [0.717, 1.165) is 12.1 Å². The zero-order valence-corrected chi connectivity index (χ0v) is 12.0. The van der Waals surface area contributed by atoms with E-state index in [-0.39, 0.29) is 5.52 Å². The highest BCUT2D eigenvalue weighted by Gasteiger charge is 2.59. The predicted octanol–water partition coefficient (Wildman–Crippen LogP) is 3.38. The standard InChI is InChI=1S/C16H13F3N2O2/c1-9-6-7-10(13(22)8-9)15(23,16(17,18)19)14-20-11-4-2-3-5-12(11)21-14/h2-8,22-23H,1H3,(H,20,21)/t15-/m1/s1. The summed E-state index contributed by atoms with van der Waals surface area (Å²) in [5, 5.41) is 20.4. The molecule has 2 aromatic carbocycles. The lowest BCUT2D eigenvalue weighted by Gasteiger charge is -2.29. The number of hydrogen-bond donors (Lipinski definition) is 3. The average molecular weight is 322 g/mol. The molecule has 3 aromatic rings. The Bertz CT molecular complexity index is 840. The SMILES string of the molecule is Cc1ccc([C@@](O)(c2nc3ccccc3[nH]2)C(F)(F)F)c(O)c1. The minimum absolute atomic E-state index is 0.289. The van der Waals surface area contributed by atoms with Gasteiger partial charge in [0.2, 0.25) is 5.60 Å². The van der Waals surface area contributed by atoms with Gasteiger partial charge in [0.1, 0.15) is 5.75 Å². The van der Waals surface area contributed by atoms with Crippen molar-refractivity contribution < 1.29 is 23.4 Å². The summed E-state index contributed by atoms with van der Waals surface area (Å²) in [6.07, 6.45) is -5.08. The topological polar surface area (TPSA) is 69.1 Å². The molecule has 0 aliphatic rings. The molecule has 1 atom stereocenters. The smallest absolute Gasteiger partial charge is 0.429 e. The molecule has 0 spiro atoms. The van der Waals surface area contributed by atoms with Gasteiger partial charge in [-0.05, 0) is 30.7 Å². The van der Waals surface area contributed by atoms with Gasteiger partial charge in [-0.3, -0.25) is 0 Å². The van der Waals surface area contributed by atoms with Crippen LogP contribution in [0.5, 0.6) is 5.75 Å². The van der Waals surface area contributed by atoms with Gasteiger partial charge in [0.15, 0.2) is 5.82 Å². The Hall–Kier alpha value is -2.54. The van der Waals surface area contributed by atoms with E-state index in [1.807, 2.05) is 0 Å². The number of benzene rings is 2. The van der Waals surface area contributed by atoms with Crippen molar-refractivity contribution >= 4 is 11.0 Å². The van der Waals surface area contributed by atoms with E-state index in [1.54, 1.807) is 25.1 Å². The first-order chi connectivity index (χ1) is 10.7. The molecule has 0 saturated heterocycles. The fourth-order valence-corrected chi connectivity index (χ4v) is 2.49. The third-order valence-electron chi connectivity index (χ3n) is 3.69. The molecule has 3 rings (SSSR count). The molecule has 23 heavy (non-hydrogen) atoms. The van der Waals surface area contributed by atoms with Gasteiger partial charge in [-0.15, -0.1) is 0 Å². The molecule has 1 aromatic heterocycles. The summed E-state index contributed by atoms with van der Waals surface area (Å²) in [6, 6.07) is 9.94. The van der Waals surface area contributed by atoms with Crippen molar-refractivity contribution in [1.29, 1.82) is 0 Å². The maximum absolute atomic E-state index is 13.7. The zero-order valence-electron chi connectivity index (χ0n) is 12.0. The number of halogens is 3. The lowest BCUT2D eigenvalue weighted by molar-refractivity contribution is -0.251. The second-order valence-electron chi connectivity index (χ2n) is 5.33. The summed E-state index contributed by atoms with van der Waals surface area (Å²) in [5.74, 6) is -1.34. The number of aromatic amines is 1. The summed E-state index contributed by atoms with van der Waals surface area (Å²) in [6.45, 7) is 1.62. The van der Waals surface area contributed by atoms with Gasteiger partial charge in [-0.1, -0.05) is 24.3 Å². The molecule has 3 N–H and O–H groups in total. The number of aromatic nitrogens is 2. The monoisotopic (exact) mass is 322 g/mol. The second-order valence-corrected chi connectivity index (χ2v) is 5.33. The number of hydrogen-bond acceptors (Lipinski definition) is 3. The van der Waals surface area contributed by atoms with E-state index in [2.05, 4.69) is 9.97 Å². The quantitative estimate of drug-likeness (QED) is 0.677. The van der Waals surface area contributed by atoms with Crippen molar-refractivity contribution in [2.45, 2.75) is 18.7 Å². The summed E-state index contributed by atoms with van der Waals surface area (Å²) in [4.78, 5) is 6.35. The Labute approximate surface area is 129 Å². The van der Waals surface area contributed by atoms with Gasteiger partial charge in [-0.2, -0.15) is 13.2 Å². The molecule has 0 aliphatic carbocycles. The third kappa shape index (κ3) is 2.33. The average Bonchev–Trinajstić information content (AvgIpc) is 2.89. The number of aryl methyl sites for hydroxylation is 1. The molecule has 0 bridgehead atoms. The predicted molar refractivity (Wildman–Crippen MR) is 78.0 cm³/mol. The van der Waals surface area contributed by atoms with Crippen molar-refractivity contribution in [3.63, 3.8) is 0 Å². The fourth-order valence-electron chi connectivity index (χ4n) is 2.49. The Morgan fingerprint density at radius 2 is 1.78 bits per heavy atom. The van der Waals surface area contributed by atoms with Crippen molar-refractivity contribution in [3.05, 3.63) is 59.4 Å². The maximum atomic E-state index is 13.7. The van der Waals surface area contributed by atoms with E-state index in [4.69, 9.17) is 0 Å². The Morgan fingerprint density at radius 1 is 1.09 bits per heavy atom. The first-order valence-electron chi connectivity index (χ1n) is 6.78. The Morgan fingerprint density at radius 3 is 2.39 bits per heavy atom. The minimum Gasteiger partial charge on any atom is -0.508 e. The first-order valence-corrected chi connectivity index (χ1v) is 6.78. The van der Waals surface area contributed by atoms with Gasteiger partial charge >= 0.3 is 6.18 Å². The molecule has 0 unspecified atom stereocenters. The highest BCUT2D eigenvalue weighted by Crippen LogP contribution is 2.46. The number of imidazole rings is 1. The lowest BCUT2D eigenvalue weighted by Crippen LogP contribution is -2.44. The van der Waals surface area contributed by atoms with Gasteiger partial charge in [0, 0.05) is 5.56 Å². The lowest BCUT2D eigenvalue weighted by atomic mass is 9.90. The number of aromatic hydroxyl groups is 1. The zero-order chi connectivity index (χ0) is 16.8. The van der Waals surface area contributed by atoms with Crippen LogP contribution in [0.15, 0.2) is 42.5 Å². The molecule has 0 radical (unpaired) electrons. The second kappa shape index (κ2) is 4.99. The van der Waals surface area contributed by atoms with Crippen LogP contribution < -0.4 is 0 Å². The molecule has 0 saturated carbocycles. The molecule has 0 aliphatic heterocycles. The maximum Gasteiger partial charge on any atom is 0.429 e. The van der Waals surface area contributed by atoms with Gasteiger partial charge in [-0.25, -0.2) is 4.98 Å². The number of rotatable bonds is 2. The summed E-state index contributed by atoms with van der Waals surface area (Å²) in [7, 11) is 0. The molecule has 4 nitrogen and oxygen atoms in total. The van der Waals surface area contributed by atoms with Crippen LogP contribution in [0.3, 0.4) is 0 Å². The fraction of sp³-hybridized carbons (Fsp3) is 0.188. The summed E-state index contributed by atoms with van der Waals surface area (Å²) < 4.78 is 41.0. The molecule has 7 heteroatoms. The number of H-pyrrole nitrogens is 1. The van der Waals surface area contributed by atoms with Crippen molar-refractivity contribution in [1.82, 2.24) is 9.97 Å². The number of fused-ring (bicyclic) bond motifs is 1. The largest absolute Gasteiger partial charge is 0.508 e. The molecule has 120 valence electrons. The van der Waals surface area contributed by atoms with E-state index in [9.17, 15) is 23.4 Å². The highest BCUT2D eigenvalue weighted by molar-refractivity contribution is 5.75. The van der Waals surface area contributed by atoms with E-state index < -0.39 is 28.9 Å². The third-order valence-corrected chi connectivity index (χ3v) is 3.69. The Kier molecular flexibility index (Phi) is 3.33. The number of phenolic OH excluding ortho intramolecular Hbond substituents is 1. The minimum atomic E-state index is -5.08. The number of nitrogens with one attached hydrogen (secondary N) is 1. The molecule has 0 fully saturated rings. The number of aliphatic hydroxyl groups is 1. The van der Waals surface area contributed by atoms with Gasteiger partial charge in [0.05, 0.1) is 11.0 Å². The van der Waals surface area contributed by atoms with Crippen molar-refractivity contribution in [2.24, 2.45) is 0 Å². The Balaban J connectivity index is 2.29. The number of phenols is 1. The van der Waals surface area contributed by atoms with Crippen LogP contribution in [-0.4, -0.2) is 26.4 Å². The van der Waals surface area contributed by atoms with E-state index >= 15 is 0 Å². The van der Waals surface area contributed by atoms with Crippen LogP contribution in [0.25, 0.3) is 11.0 Å². The number of alkyl halides is 3. The first kappa shape index (κ1) is 15.4.